The van der Waals surface area contributed by atoms with Crippen LogP contribution in [0.25, 0.3) is 0 Å². The number of ketones is 1. The summed E-state index contributed by atoms with van der Waals surface area (Å²) in [6, 6.07) is 4.04. The summed E-state index contributed by atoms with van der Waals surface area (Å²) in [5.74, 6) is -2.01. The van der Waals surface area contributed by atoms with Gasteiger partial charge >= 0.3 is 0 Å². The van der Waals surface area contributed by atoms with Crippen LogP contribution in [-0.4, -0.2) is 29.4 Å². The average molecular weight is 237 g/mol. The topological polar surface area (TPSA) is 57.6 Å². The molecular formula is C12H12FNO3. The van der Waals surface area contributed by atoms with Crippen LogP contribution in [0.3, 0.4) is 0 Å². The molecule has 0 saturated heterocycles. The molecule has 1 amide bonds. The number of aliphatic hydroxyl groups excluding tert-OH is 1. The van der Waals surface area contributed by atoms with Crippen LogP contribution in [0, 0.1) is 5.82 Å². The fraction of sp³-hybridized carbons (Fsp3) is 0.333. The van der Waals surface area contributed by atoms with Crippen molar-refractivity contribution in [1.29, 1.82) is 0 Å². The van der Waals surface area contributed by atoms with Gasteiger partial charge in [0.15, 0.2) is 0 Å². The number of benzene rings is 1. The Morgan fingerprint density at radius 2 is 2.12 bits per heavy atom. The summed E-state index contributed by atoms with van der Waals surface area (Å²) in [4.78, 5) is 24.3. The summed E-state index contributed by atoms with van der Waals surface area (Å²) >= 11 is 0. The second kappa shape index (κ2) is 4.25. The first-order valence-electron chi connectivity index (χ1n) is 5.35. The van der Waals surface area contributed by atoms with Crippen molar-refractivity contribution in [3.63, 3.8) is 0 Å². The lowest BCUT2D eigenvalue weighted by Crippen LogP contribution is -2.32. The summed E-state index contributed by atoms with van der Waals surface area (Å²) in [5.41, 5.74) is 0.128. The Hall–Kier alpha value is -1.75. The van der Waals surface area contributed by atoms with Crippen LogP contribution < -0.4 is 4.90 Å². The van der Waals surface area contributed by atoms with Crippen molar-refractivity contribution in [2.45, 2.75) is 19.4 Å². The van der Waals surface area contributed by atoms with E-state index < -0.39 is 23.6 Å². The first-order chi connectivity index (χ1) is 8.02. The van der Waals surface area contributed by atoms with Gasteiger partial charge in [0.25, 0.3) is 11.7 Å². The van der Waals surface area contributed by atoms with Crippen molar-refractivity contribution in [2.24, 2.45) is 0 Å². The third-order valence-electron chi connectivity index (χ3n) is 2.71. The molecule has 4 nitrogen and oxygen atoms in total. The second-order valence-electron chi connectivity index (χ2n) is 4.06. The number of hydrogen-bond donors (Lipinski definition) is 1. The van der Waals surface area contributed by atoms with Gasteiger partial charge in [-0.3, -0.25) is 9.59 Å². The molecule has 1 atom stereocenters. The normalized spacial score (nSPS) is 16.3. The molecule has 2 rings (SSSR count). The second-order valence-corrected chi connectivity index (χ2v) is 4.06. The standard InChI is InChI=1S/C12H12FNO3/c1-7(15)5-6-14-10-8(11(16)12(14)17)3-2-4-9(10)13/h2-4,7,15H,5-6H2,1H3. The van der Waals surface area contributed by atoms with Crippen LogP contribution in [0.1, 0.15) is 23.7 Å². The molecule has 0 bridgehead atoms. The van der Waals surface area contributed by atoms with Crippen LogP contribution in [0.15, 0.2) is 18.2 Å². The van der Waals surface area contributed by atoms with E-state index in [1.54, 1.807) is 6.92 Å². The van der Waals surface area contributed by atoms with E-state index in [1.807, 2.05) is 0 Å². The molecule has 1 aromatic rings. The number of anilines is 1. The molecule has 0 aliphatic carbocycles. The lowest BCUT2D eigenvalue weighted by atomic mass is 10.1. The summed E-state index contributed by atoms with van der Waals surface area (Å²) in [6.07, 6.45) is -0.305. The zero-order chi connectivity index (χ0) is 12.6. The Labute approximate surface area is 97.7 Å². The fourth-order valence-corrected chi connectivity index (χ4v) is 1.84. The van der Waals surface area contributed by atoms with Crippen LogP contribution in [-0.2, 0) is 4.79 Å². The van der Waals surface area contributed by atoms with E-state index >= 15 is 0 Å². The van der Waals surface area contributed by atoms with Crippen molar-refractivity contribution >= 4 is 17.4 Å². The van der Waals surface area contributed by atoms with E-state index in [-0.39, 0.29) is 17.8 Å². The smallest absolute Gasteiger partial charge is 0.299 e. The molecule has 0 aromatic heterocycles. The number of rotatable bonds is 3. The number of para-hydroxylation sites is 1. The van der Waals surface area contributed by atoms with E-state index in [2.05, 4.69) is 0 Å². The maximum absolute atomic E-state index is 13.6. The first-order valence-corrected chi connectivity index (χ1v) is 5.35. The SMILES string of the molecule is CC(O)CCN1C(=O)C(=O)c2cccc(F)c21. The van der Waals surface area contributed by atoms with Gasteiger partial charge in [0.2, 0.25) is 0 Å². The van der Waals surface area contributed by atoms with E-state index in [0.717, 1.165) is 4.90 Å². The lowest BCUT2D eigenvalue weighted by Gasteiger charge is -2.17. The van der Waals surface area contributed by atoms with Crippen LogP contribution in [0.4, 0.5) is 10.1 Å². The third-order valence-corrected chi connectivity index (χ3v) is 2.71. The van der Waals surface area contributed by atoms with Gasteiger partial charge in [-0.2, -0.15) is 0 Å². The van der Waals surface area contributed by atoms with Gasteiger partial charge in [-0.05, 0) is 25.5 Å². The van der Waals surface area contributed by atoms with Gasteiger partial charge in [-0.1, -0.05) is 6.07 Å². The van der Waals surface area contributed by atoms with Gasteiger partial charge in [0, 0.05) is 6.54 Å². The molecule has 0 radical (unpaired) electrons. The monoisotopic (exact) mass is 237 g/mol. The van der Waals surface area contributed by atoms with Crippen LogP contribution >= 0.6 is 0 Å². The van der Waals surface area contributed by atoms with Crippen LogP contribution in [0.5, 0.6) is 0 Å². The van der Waals surface area contributed by atoms with Gasteiger partial charge in [0.05, 0.1) is 17.4 Å². The van der Waals surface area contributed by atoms with Crippen molar-refractivity contribution in [2.75, 3.05) is 11.4 Å². The molecular weight excluding hydrogens is 225 g/mol. The molecule has 90 valence electrons. The lowest BCUT2D eigenvalue weighted by molar-refractivity contribution is -0.114. The molecule has 1 N–H and O–H groups in total. The van der Waals surface area contributed by atoms with Gasteiger partial charge < -0.3 is 10.0 Å². The molecule has 1 heterocycles. The third kappa shape index (κ3) is 1.93. The number of amides is 1. The Morgan fingerprint density at radius 3 is 2.76 bits per heavy atom. The fourth-order valence-electron chi connectivity index (χ4n) is 1.84. The predicted molar refractivity (Wildman–Crippen MR) is 59.4 cm³/mol. The van der Waals surface area contributed by atoms with Gasteiger partial charge in [-0.25, -0.2) is 4.39 Å². The van der Waals surface area contributed by atoms with E-state index in [1.165, 1.54) is 18.2 Å². The zero-order valence-electron chi connectivity index (χ0n) is 9.31. The highest BCUT2D eigenvalue weighted by Gasteiger charge is 2.37. The summed E-state index contributed by atoms with van der Waals surface area (Å²) in [5, 5.41) is 9.17. The number of aliphatic hydroxyl groups is 1. The number of nitrogens with zero attached hydrogens (tertiary/aromatic N) is 1. The Bertz CT molecular complexity index is 485. The maximum atomic E-state index is 13.6. The number of carbonyl (C=O) groups excluding carboxylic acids is 2. The molecule has 5 heteroatoms. The molecule has 0 saturated carbocycles. The number of hydrogen-bond acceptors (Lipinski definition) is 3. The first kappa shape index (κ1) is 11.7. The van der Waals surface area contributed by atoms with Gasteiger partial charge in [0.1, 0.15) is 5.82 Å². The highest BCUT2D eigenvalue weighted by Crippen LogP contribution is 2.31. The molecule has 0 fully saturated rings. The molecule has 17 heavy (non-hydrogen) atoms. The van der Waals surface area contributed by atoms with Crippen LogP contribution in [0.2, 0.25) is 0 Å². The number of carbonyl (C=O) groups is 2. The Balaban J connectivity index is 2.36. The van der Waals surface area contributed by atoms with E-state index in [4.69, 9.17) is 5.11 Å². The van der Waals surface area contributed by atoms with Gasteiger partial charge in [-0.15, -0.1) is 0 Å². The van der Waals surface area contributed by atoms with Crippen molar-refractivity contribution in [1.82, 2.24) is 0 Å². The molecule has 1 unspecified atom stereocenters. The van der Waals surface area contributed by atoms with E-state index in [0.29, 0.717) is 6.42 Å². The number of fused-ring (bicyclic) bond motifs is 1. The zero-order valence-corrected chi connectivity index (χ0v) is 9.31. The molecule has 0 spiro atoms. The highest BCUT2D eigenvalue weighted by atomic mass is 19.1. The average Bonchev–Trinajstić information content (AvgIpc) is 2.52. The maximum Gasteiger partial charge on any atom is 0.299 e. The minimum atomic E-state index is -0.731. The van der Waals surface area contributed by atoms with E-state index in [9.17, 15) is 14.0 Å². The highest BCUT2D eigenvalue weighted by molar-refractivity contribution is 6.52. The molecule has 1 aliphatic heterocycles. The number of Topliss-reactive ketones (excluding diaryl/α,β-unsaturated/α-hetero) is 1. The van der Waals surface area contributed by atoms with Crippen molar-refractivity contribution < 1.29 is 19.1 Å². The van der Waals surface area contributed by atoms with Crippen molar-refractivity contribution in [3.8, 4) is 0 Å². The minimum absolute atomic E-state index is 0.0307. The Kier molecular flexibility index (Phi) is 2.93. The summed E-state index contributed by atoms with van der Waals surface area (Å²) < 4.78 is 13.6. The Morgan fingerprint density at radius 1 is 1.41 bits per heavy atom. The predicted octanol–water partition coefficient (Wildman–Crippen LogP) is 1.13. The summed E-state index contributed by atoms with van der Waals surface area (Å²) in [7, 11) is 0. The largest absolute Gasteiger partial charge is 0.393 e. The molecule has 1 aromatic carbocycles. The number of halogens is 1. The van der Waals surface area contributed by atoms with Crippen molar-refractivity contribution in [3.05, 3.63) is 29.6 Å². The quantitative estimate of drug-likeness (QED) is 0.801. The summed E-state index contributed by atoms with van der Waals surface area (Å²) in [6.45, 7) is 1.71. The molecule has 1 aliphatic rings. The minimum Gasteiger partial charge on any atom is -0.393 e.